The summed E-state index contributed by atoms with van der Waals surface area (Å²) in [5.74, 6) is 0.427. The predicted molar refractivity (Wildman–Crippen MR) is 131 cm³/mol. The molecular weight excluding hydrogens is 478 g/mol. The van der Waals surface area contributed by atoms with Crippen molar-refractivity contribution in [3.63, 3.8) is 0 Å². The lowest BCUT2D eigenvalue weighted by atomic mass is 10.0. The van der Waals surface area contributed by atoms with Gasteiger partial charge in [-0.25, -0.2) is 4.39 Å². The normalized spacial score (nSPS) is 21.9. The van der Waals surface area contributed by atoms with E-state index in [-0.39, 0.29) is 27.4 Å². The maximum Gasteiger partial charge on any atom is 0.166 e. The highest BCUT2D eigenvalue weighted by Crippen LogP contribution is 2.41. The monoisotopic (exact) mass is 500 g/mol. The lowest BCUT2D eigenvalue weighted by Crippen LogP contribution is -2.43. The lowest BCUT2D eigenvalue weighted by molar-refractivity contribution is 0.0644. The number of benzene rings is 2. The van der Waals surface area contributed by atoms with Crippen LogP contribution in [-0.2, 0) is 0 Å². The summed E-state index contributed by atoms with van der Waals surface area (Å²) >= 11 is 11.9. The molecule has 2 aromatic carbocycles. The molecule has 0 aliphatic carbocycles. The summed E-state index contributed by atoms with van der Waals surface area (Å²) in [7, 11) is 3.77. The van der Waals surface area contributed by atoms with Crippen LogP contribution in [0.3, 0.4) is 0 Å². The Bertz CT molecular complexity index is 1300. The molecule has 2 saturated heterocycles. The topological polar surface area (TPSA) is 70.4 Å². The van der Waals surface area contributed by atoms with Gasteiger partial charge in [0.2, 0.25) is 0 Å². The number of hydrogen-bond donors (Lipinski definition) is 1. The molecule has 2 atom stereocenters. The number of nitrogens with one attached hydrogen (secondary N) is 1. The molecular formula is C25H23Cl2FN4O2. The van der Waals surface area contributed by atoms with Crippen LogP contribution >= 0.6 is 23.2 Å². The average molecular weight is 501 g/mol. The molecule has 9 heteroatoms. The molecule has 34 heavy (non-hydrogen) atoms. The Morgan fingerprint density at radius 1 is 1.18 bits per heavy atom. The number of pyridine rings is 1. The number of anilines is 2. The number of nitrogens with zero attached hydrogens (tertiary/aromatic N) is 3. The van der Waals surface area contributed by atoms with E-state index in [1.54, 1.807) is 19.2 Å². The minimum Gasteiger partial charge on any atom is -0.493 e. The van der Waals surface area contributed by atoms with Crippen LogP contribution in [0.5, 0.6) is 11.5 Å². The third-order valence-electron chi connectivity index (χ3n) is 6.92. The van der Waals surface area contributed by atoms with Crippen LogP contribution in [0.1, 0.15) is 31.2 Å². The minimum atomic E-state index is -0.699. The number of aromatic nitrogens is 1. The first-order chi connectivity index (χ1) is 16.4. The predicted octanol–water partition coefficient (Wildman–Crippen LogP) is 6.31. The zero-order valence-corrected chi connectivity index (χ0v) is 20.3. The van der Waals surface area contributed by atoms with Crippen molar-refractivity contribution in [3.8, 4) is 17.6 Å². The quantitative estimate of drug-likeness (QED) is 0.414. The number of nitriles is 1. The first-order valence-corrected chi connectivity index (χ1v) is 11.8. The first-order valence-electron chi connectivity index (χ1n) is 11.1. The van der Waals surface area contributed by atoms with Crippen LogP contribution < -0.4 is 14.8 Å². The Balaban J connectivity index is 1.56. The summed E-state index contributed by atoms with van der Waals surface area (Å²) in [6, 6.07) is 9.72. The lowest BCUT2D eigenvalue weighted by Gasteiger charge is -2.36. The molecule has 3 aromatic rings. The number of hydrogen-bond acceptors (Lipinski definition) is 6. The molecule has 2 fully saturated rings. The van der Waals surface area contributed by atoms with Crippen LogP contribution in [-0.4, -0.2) is 42.2 Å². The Labute approximate surface area is 207 Å². The van der Waals surface area contributed by atoms with Gasteiger partial charge in [0.25, 0.3) is 0 Å². The van der Waals surface area contributed by atoms with Gasteiger partial charge in [-0.05, 0) is 50.9 Å². The maximum absolute atomic E-state index is 14.8. The average Bonchev–Trinajstić information content (AvgIpc) is 3.04. The summed E-state index contributed by atoms with van der Waals surface area (Å²) < 4.78 is 26.8. The molecule has 0 amide bonds. The Morgan fingerprint density at radius 3 is 2.59 bits per heavy atom. The molecule has 6 nitrogen and oxygen atoms in total. The van der Waals surface area contributed by atoms with Gasteiger partial charge in [0, 0.05) is 29.7 Å². The molecule has 1 aromatic heterocycles. The summed E-state index contributed by atoms with van der Waals surface area (Å²) in [5.41, 5.74) is 1.34. The molecule has 2 bridgehead atoms. The standard InChI is InChI=1S/C25H23Cl2FN4O2/c1-32-14-3-4-15(32)8-16(7-14)34-22-9-17-20(10-21(22)33-2)30-12-13(11-29)25(17)31-19-6-5-18(26)23(27)24(19)28/h5-6,9-10,12,14-16H,3-4,7-8H2,1-2H3,(H,30,31). The largest absolute Gasteiger partial charge is 0.493 e. The number of halogens is 3. The molecule has 2 aliphatic heterocycles. The number of ether oxygens (including phenoxy) is 2. The number of methoxy groups -OCH3 is 1. The Morgan fingerprint density at radius 2 is 1.91 bits per heavy atom. The van der Waals surface area contributed by atoms with Crippen molar-refractivity contribution in [3.05, 3.63) is 51.9 Å². The second-order valence-corrected chi connectivity index (χ2v) is 9.57. The maximum atomic E-state index is 14.8. The summed E-state index contributed by atoms with van der Waals surface area (Å²) in [5, 5.41) is 13.3. The molecule has 0 spiro atoms. The molecule has 176 valence electrons. The zero-order chi connectivity index (χ0) is 24.0. The molecule has 0 saturated carbocycles. The highest BCUT2D eigenvalue weighted by atomic mass is 35.5. The van der Waals surface area contributed by atoms with E-state index >= 15 is 0 Å². The first kappa shape index (κ1) is 23.0. The van der Waals surface area contributed by atoms with Gasteiger partial charge >= 0.3 is 0 Å². The fourth-order valence-electron chi connectivity index (χ4n) is 5.07. The van der Waals surface area contributed by atoms with Gasteiger partial charge in [-0.3, -0.25) is 4.98 Å². The van der Waals surface area contributed by atoms with Crippen molar-refractivity contribution in [2.75, 3.05) is 19.5 Å². The SMILES string of the molecule is COc1cc2ncc(C#N)c(Nc3ccc(Cl)c(Cl)c3F)c2cc1OC1CC2CCC(C1)N2C. The van der Waals surface area contributed by atoms with E-state index < -0.39 is 5.82 Å². The highest BCUT2D eigenvalue weighted by Gasteiger charge is 2.39. The van der Waals surface area contributed by atoms with Crippen LogP contribution in [0.4, 0.5) is 15.8 Å². The van der Waals surface area contributed by atoms with Crippen LogP contribution in [0.25, 0.3) is 10.9 Å². The Kier molecular flexibility index (Phi) is 6.15. The smallest absolute Gasteiger partial charge is 0.166 e. The van der Waals surface area contributed by atoms with Gasteiger partial charge in [-0.15, -0.1) is 0 Å². The molecule has 0 radical (unpaired) electrons. The summed E-state index contributed by atoms with van der Waals surface area (Å²) in [6.45, 7) is 0. The minimum absolute atomic E-state index is 0.0658. The van der Waals surface area contributed by atoms with Gasteiger partial charge in [0.1, 0.15) is 12.2 Å². The van der Waals surface area contributed by atoms with Crippen molar-refractivity contribution < 1.29 is 13.9 Å². The van der Waals surface area contributed by atoms with Crippen molar-refractivity contribution in [1.29, 1.82) is 5.26 Å². The van der Waals surface area contributed by atoms with E-state index in [1.165, 1.54) is 31.2 Å². The van der Waals surface area contributed by atoms with Crippen LogP contribution in [0.15, 0.2) is 30.5 Å². The number of rotatable bonds is 5. The van der Waals surface area contributed by atoms with E-state index in [4.69, 9.17) is 32.7 Å². The van der Waals surface area contributed by atoms with E-state index in [0.717, 1.165) is 12.8 Å². The van der Waals surface area contributed by atoms with Crippen LogP contribution in [0.2, 0.25) is 10.0 Å². The number of fused-ring (bicyclic) bond motifs is 3. The molecule has 3 heterocycles. The third kappa shape index (κ3) is 4.00. The molecule has 1 N–H and O–H groups in total. The zero-order valence-electron chi connectivity index (χ0n) is 18.7. The van der Waals surface area contributed by atoms with Crippen molar-refractivity contribution in [2.45, 2.75) is 43.9 Å². The van der Waals surface area contributed by atoms with Crippen molar-refractivity contribution in [2.24, 2.45) is 0 Å². The fourth-order valence-corrected chi connectivity index (χ4v) is 5.38. The fraction of sp³-hybridized carbons (Fsp3) is 0.360. The third-order valence-corrected chi connectivity index (χ3v) is 7.70. The van der Waals surface area contributed by atoms with Gasteiger partial charge in [-0.1, -0.05) is 23.2 Å². The second-order valence-electron chi connectivity index (χ2n) is 8.79. The van der Waals surface area contributed by atoms with Crippen molar-refractivity contribution >= 4 is 45.5 Å². The van der Waals surface area contributed by atoms with E-state index in [1.807, 2.05) is 0 Å². The van der Waals surface area contributed by atoms with E-state index in [0.29, 0.717) is 40.2 Å². The van der Waals surface area contributed by atoms with Gasteiger partial charge in [0.15, 0.2) is 17.3 Å². The number of piperidine rings is 1. The van der Waals surface area contributed by atoms with E-state index in [2.05, 4.69) is 28.3 Å². The van der Waals surface area contributed by atoms with Crippen LogP contribution in [0, 0.1) is 17.1 Å². The Hall–Kier alpha value is -2.79. The molecule has 2 aliphatic rings. The van der Waals surface area contributed by atoms with Crippen molar-refractivity contribution in [1.82, 2.24) is 9.88 Å². The van der Waals surface area contributed by atoms with E-state index in [9.17, 15) is 9.65 Å². The highest BCUT2D eigenvalue weighted by molar-refractivity contribution is 6.42. The molecule has 5 rings (SSSR count). The van der Waals surface area contributed by atoms with Gasteiger partial charge in [-0.2, -0.15) is 5.26 Å². The molecule has 2 unspecified atom stereocenters. The summed E-state index contributed by atoms with van der Waals surface area (Å²) in [4.78, 5) is 6.86. The second kappa shape index (κ2) is 9.10. The summed E-state index contributed by atoms with van der Waals surface area (Å²) in [6.07, 6.45) is 5.78. The van der Waals surface area contributed by atoms with Gasteiger partial charge < -0.3 is 19.7 Å². The van der Waals surface area contributed by atoms with Gasteiger partial charge in [0.05, 0.1) is 39.6 Å².